The lowest BCUT2D eigenvalue weighted by Gasteiger charge is -2.06. The molecule has 7 heteroatoms. The number of ether oxygens (including phenoxy) is 2. The highest BCUT2D eigenvalue weighted by atomic mass is 16.5. The zero-order chi connectivity index (χ0) is 35.8. The number of nitrogens with zero attached hydrogens (tertiary/aromatic N) is 1. The minimum atomic E-state index is -0.737. The van der Waals surface area contributed by atoms with Crippen molar-refractivity contribution in [1.82, 2.24) is 4.90 Å². The second kappa shape index (κ2) is 41.5. The highest BCUT2D eigenvalue weighted by Crippen LogP contribution is 2.14. The number of carboxylic acids is 1. The van der Waals surface area contributed by atoms with Crippen LogP contribution in [-0.2, 0) is 23.9 Å². The van der Waals surface area contributed by atoms with Crippen molar-refractivity contribution in [2.24, 2.45) is 0 Å². The monoisotopic (exact) mass is 684 g/mol. The molecule has 0 rings (SSSR count). The summed E-state index contributed by atoms with van der Waals surface area (Å²) in [5.74, 6) is -1.29. The lowest BCUT2D eigenvalue weighted by Crippen LogP contribution is -2.15. The molecule has 0 aliphatic rings. The van der Waals surface area contributed by atoms with E-state index in [0.29, 0.717) is 19.8 Å². The van der Waals surface area contributed by atoms with Crippen molar-refractivity contribution >= 4 is 17.9 Å². The highest BCUT2D eigenvalue weighted by molar-refractivity contribution is 5.77. The summed E-state index contributed by atoms with van der Waals surface area (Å²) in [5.41, 5.74) is 0. The molecule has 286 valence electrons. The van der Waals surface area contributed by atoms with Crippen molar-refractivity contribution in [3.8, 4) is 0 Å². The van der Waals surface area contributed by atoms with E-state index in [2.05, 4.69) is 13.8 Å². The topological polar surface area (TPSA) is 93.1 Å². The Morgan fingerprint density at radius 1 is 0.417 bits per heavy atom. The molecule has 0 atom stereocenters. The van der Waals surface area contributed by atoms with E-state index in [1.807, 2.05) is 19.0 Å². The van der Waals surface area contributed by atoms with Gasteiger partial charge in [-0.15, -0.1) is 0 Å². The fourth-order valence-corrected chi connectivity index (χ4v) is 5.63. The van der Waals surface area contributed by atoms with E-state index in [9.17, 15) is 14.4 Å². The molecule has 0 saturated carbocycles. The van der Waals surface area contributed by atoms with Crippen molar-refractivity contribution in [2.45, 2.75) is 213 Å². The van der Waals surface area contributed by atoms with E-state index >= 15 is 0 Å². The van der Waals surface area contributed by atoms with Crippen molar-refractivity contribution in [3.05, 3.63) is 0 Å². The van der Waals surface area contributed by atoms with Gasteiger partial charge < -0.3 is 19.5 Å². The van der Waals surface area contributed by atoms with Gasteiger partial charge in [0.25, 0.3) is 0 Å². The van der Waals surface area contributed by atoms with Crippen LogP contribution in [0.5, 0.6) is 0 Å². The third-order valence-electron chi connectivity index (χ3n) is 8.83. The van der Waals surface area contributed by atoms with E-state index in [-0.39, 0.29) is 31.2 Å². The fraction of sp³-hybridized carbons (Fsp3) is 0.927. The third kappa shape index (κ3) is 46.5. The summed E-state index contributed by atoms with van der Waals surface area (Å²) >= 11 is 0. The second-order valence-corrected chi connectivity index (χ2v) is 14.1. The van der Waals surface area contributed by atoms with Gasteiger partial charge in [0.1, 0.15) is 0 Å². The van der Waals surface area contributed by atoms with Gasteiger partial charge in [-0.2, -0.15) is 0 Å². The second-order valence-electron chi connectivity index (χ2n) is 14.1. The van der Waals surface area contributed by atoms with E-state index in [1.54, 1.807) is 0 Å². The number of carbonyl (C=O) groups is 3. The summed E-state index contributed by atoms with van der Waals surface area (Å²) in [6.45, 7) is 6.12. The molecule has 0 amide bonds. The minimum Gasteiger partial charge on any atom is -0.481 e. The Morgan fingerprint density at radius 3 is 0.875 bits per heavy atom. The van der Waals surface area contributed by atoms with Gasteiger partial charge in [0.2, 0.25) is 0 Å². The van der Waals surface area contributed by atoms with Crippen LogP contribution in [0.1, 0.15) is 213 Å². The molecule has 0 fully saturated rings. The molecule has 7 nitrogen and oxygen atoms in total. The fourth-order valence-electron chi connectivity index (χ4n) is 5.63. The summed E-state index contributed by atoms with van der Waals surface area (Å²) in [7, 11) is 3.70. The molecular formula is C41H81NO6. The molecule has 0 heterocycles. The van der Waals surface area contributed by atoms with Crippen LogP contribution < -0.4 is 0 Å². The normalized spacial score (nSPS) is 10.9. The molecule has 0 radical (unpaired) electrons. The predicted molar refractivity (Wildman–Crippen MR) is 203 cm³/mol. The Hall–Kier alpha value is -1.63. The van der Waals surface area contributed by atoms with Gasteiger partial charge >= 0.3 is 17.9 Å². The molecule has 0 aliphatic heterocycles. The van der Waals surface area contributed by atoms with Crippen molar-refractivity contribution in [1.29, 1.82) is 0 Å². The zero-order valence-electron chi connectivity index (χ0n) is 32.5. The molecule has 0 aliphatic carbocycles. The molecule has 0 saturated heterocycles. The Morgan fingerprint density at radius 2 is 0.667 bits per heavy atom. The SMILES string of the molecule is CCCCCCCCCCCCCCCCOC(=O)CCC(=O)OCCCCCCCCCCCCCCCC.CN(C)CCC(=O)O. The summed E-state index contributed by atoms with van der Waals surface area (Å²) in [6, 6.07) is 0. The van der Waals surface area contributed by atoms with Gasteiger partial charge in [-0.3, -0.25) is 14.4 Å². The van der Waals surface area contributed by atoms with Crippen LogP contribution in [0.25, 0.3) is 0 Å². The van der Waals surface area contributed by atoms with Gasteiger partial charge in [0.15, 0.2) is 0 Å². The first-order valence-electron chi connectivity index (χ1n) is 20.5. The van der Waals surface area contributed by atoms with Crippen LogP contribution in [0, 0.1) is 0 Å². The maximum absolute atomic E-state index is 11.9. The largest absolute Gasteiger partial charge is 0.481 e. The Kier molecular flexibility index (Phi) is 42.0. The first-order chi connectivity index (χ1) is 23.3. The molecule has 1 N–H and O–H groups in total. The maximum Gasteiger partial charge on any atom is 0.306 e. The molecule has 0 unspecified atom stereocenters. The van der Waals surface area contributed by atoms with Crippen molar-refractivity contribution < 1.29 is 29.0 Å². The minimum absolute atomic E-state index is 0.135. The highest BCUT2D eigenvalue weighted by Gasteiger charge is 2.09. The quantitative estimate of drug-likeness (QED) is 0.0519. The number of unbranched alkanes of at least 4 members (excludes halogenated alkanes) is 26. The van der Waals surface area contributed by atoms with Gasteiger partial charge in [-0.25, -0.2) is 0 Å². The average Bonchev–Trinajstić information content (AvgIpc) is 3.06. The van der Waals surface area contributed by atoms with Gasteiger partial charge in [0, 0.05) is 6.54 Å². The Bertz CT molecular complexity index is 638. The zero-order valence-corrected chi connectivity index (χ0v) is 32.5. The number of esters is 2. The van der Waals surface area contributed by atoms with E-state index in [0.717, 1.165) is 25.7 Å². The van der Waals surface area contributed by atoms with Crippen LogP contribution in [0.4, 0.5) is 0 Å². The smallest absolute Gasteiger partial charge is 0.306 e. The van der Waals surface area contributed by atoms with E-state index in [4.69, 9.17) is 14.6 Å². The number of hydrogen-bond donors (Lipinski definition) is 1. The predicted octanol–water partition coefficient (Wildman–Crippen LogP) is 11.8. The number of aliphatic carboxylic acids is 1. The molecule has 48 heavy (non-hydrogen) atoms. The molecule has 0 spiro atoms. The first-order valence-corrected chi connectivity index (χ1v) is 20.5. The number of hydrogen-bond acceptors (Lipinski definition) is 6. The van der Waals surface area contributed by atoms with Crippen LogP contribution in [0.15, 0.2) is 0 Å². The number of carboxylic acid groups (broad SMARTS) is 1. The van der Waals surface area contributed by atoms with Crippen molar-refractivity contribution in [2.75, 3.05) is 33.9 Å². The average molecular weight is 684 g/mol. The first kappa shape index (κ1) is 48.5. The van der Waals surface area contributed by atoms with Gasteiger partial charge in [-0.05, 0) is 26.9 Å². The lowest BCUT2D eigenvalue weighted by molar-refractivity contribution is -0.150. The molecule has 0 aromatic rings. The molecule has 0 bridgehead atoms. The maximum atomic E-state index is 11.9. The summed E-state index contributed by atoms with van der Waals surface area (Å²) in [4.78, 5) is 35.4. The summed E-state index contributed by atoms with van der Waals surface area (Å²) < 4.78 is 10.6. The molecular weight excluding hydrogens is 602 g/mol. The number of rotatable bonds is 36. The van der Waals surface area contributed by atoms with Gasteiger partial charge in [0.05, 0.1) is 32.5 Å². The van der Waals surface area contributed by atoms with Gasteiger partial charge in [-0.1, -0.05) is 181 Å². The van der Waals surface area contributed by atoms with E-state index in [1.165, 1.54) is 154 Å². The van der Waals surface area contributed by atoms with E-state index < -0.39 is 5.97 Å². The van der Waals surface area contributed by atoms with Crippen LogP contribution in [0.2, 0.25) is 0 Å². The van der Waals surface area contributed by atoms with Crippen molar-refractivity contribution in [3.63, 3.8) is 0 Å². The van der Waals surface area contributed by atoms with Crippen LogP contribution in [0.3, 0.4) is 0 Å². The Labute approximate surface area is 298 Å². The lowest BCUT2D eigenvalue weighted by atomic mass is 10.0. The third-order valence-corrected chi connectivity index (χ3v) is 8.83. The summed E-state index contributed by atoms with van der Waals surface area (Å²) in [5, 5.41) is 8.14. The molecule has 0 aromatic heterocycles. The summed E-state index contributed by atoms with van der Waals surface area (Å²) in [6.07, 6.45) is 37.3. The van der Waals surface area contributed by atoms with Crippen LogP contribution >= 0.6 is 0 Å². The Balaban J connectivity index is 0. The van der Waals surface area contributed by atoms with Crippen LogP contribution in [-0.4, -0.2) is 61.8 Å². The molecule has 0 aromatic carbocycles. The number of carbonyl (C=O) groups excluding carboxylic acids is 2. The standard InChI is InChI=1S/C36H70O4.C5H11NO2/c1-3-5-7-9-11-13-15-17-19-21-23-25-27-29-33-39-35(37)31-32-36(38)40-34-30-28-26-24-22-20-18-16-14-12-10-8-6-4-2;1-6(2)4-3-5(7)8/h3-34H2,1-2H3;3-4H2,1-2H3,(H,7,8).